The van der Waals surface area contributed by atoms with Crippen molar-refractivity contribution in [2.24, 2.45) is 0 Å². The van der Waals surface area contributed by atoms with Gasteiger partial charge >= 0.3 is 5.97 Å². The number of carboxylic acids is 1. The van der Waals surface area contributed by atoms with Crippen LogP contribution >= 0.6 is 0 Å². The van der Waals surface area contributed by atoms with Gasteiger partial charge in [0.1, 0.15) is 5.82 Å². The SMILES string of the molecule is Cc1cc(C)c(S(=O)(=O)n2c(N)c(C(C)C(=O)O)c3ccccc32)c(C)c1. The van der Waals surface area contributed by atoms with E-state index in [-0.39, 0.29) is 10.7 Å². The fourth-order valence-electron chi connectivity index (χ4n) is 3.76. The summed E-state index contributed by atoms with van der Waals surface area (Å²) in [6.07, 6.45) is 0. The molecular formula is C20H22N2O4S. The molecule has 1 atom stereocenters. The van der Waals surface area contributed by atoms with Crippen LogP contribution in [0.15, 0.2) is 41.3 Å². The highest BCUT2D eigenvalue weighted by Crippen LogP contribution is 2.37. The number of nitrogens with zero attached hydrogens (tertiary/aromatic N) is 1. The van der Waals surface area contributed by atoms with E-state index in [4.69, 9.17) is 5.73 Å². The summed E-state index contributed by atoms with van der Waals surface area (Å²) >= 11 is 0. The maximum Gasteiger partial charge on any atom is 0.310 e. The molecular weight excluding hydrogens is 364 g/mol. The van der Waals surface area contributed by atoms with Crippen LogP contribution in [0.3, 0.4) is 0 Å². The molecule has 3 aromatic rings. The highest BCUT2D eigenvalue weighted by atomic mass is 32.2. The molecule has 0 amide bonds. The third-order valence-electron chi connectivity index (χ3n) is 4.81. The molecule has 142 valence electrons. The first-order chi connectivity index (χ1) is 12.6. The molecule has 0 aliphatic heterocycles. The van der Waals surface area contributed by atoms with Crippen molar-refractivity contribution < 1.29 is 18.3 Å². The van der Waals surface area contributed by atoms with Gasteiger partial charge in [0.2, 0.25) is 0 Å². The van der Waals surface area contributed by atoms with Crippen LogP contribution in [0.2, 0.25) is 0 Å². The van der Waals surface area contributed by atoms with Crippen molar-refractivity contribution in [3.8, 4) is 0 Å². The van der Waals surface area contributed by atoms with Gasteiger partial charge in [-0.15, -0.1) is 0 Å². The van der Waals surface area contributed by atoms with Crippen molar-refractivity contribution >= 4 is 32.7 Å². The molecule has 2 aromatic carbocycles. The summed E-state index contributed by atoms with van der Waals surface area (Å²) in [6.45, 7) is 6.90. The highest BCUT2D eigenvalue weighted by Gasteiger charge is 2.31. The minimum absolute atomic E-state index is 0.0644. The molecule has 0 aliphatic carbocycles. The fraction of sp³-hybridized carbons (Fsp3) is 0.250. The zero-order valence-corrected chi connectivity index (χ0v) is 16.5. The molecule has 1 unspecified atom stereocenters. The van der Waals surface area contributed by atoms with E-state index in [9.17, 15) is 18.3 Å². The van der Waals surface area contributed by atoms with Crippen LogP contribution in [0.4, 0.5) is 5.82 Å². The minimum atomic E-state index is -4.01. The number of hydrogen-bond acceptors (Lipinski definition) is 4. The van der Waals surface area contributed by atoms with Crippen LogP contribution in [-0.4, -0.2) is 23.5 Å². The molecule has 0 bridgehead atoms. The Hall–Kier alpha value is -2.80. The van der Waals surface area contributed by atoms with E-state index < -0.39 is 21.9 Å². The lowest BCUT2D eigenvalue weighted by Gasteiger charge is -2.15. The predicted molar refractivity (Wildman–Crippen MR) is 106 cm³/mol. The average molecular weight is 386 g/mol. The molecule has 27 heavy (non-hydrogen) atoms. The standard InChI is InChI=1S/C20H22N2O4S/c1-11-9-12(2)18(13(3)10-11)27(25,26)22-16-8-6-5-7-15(16)17(19(22)21)14(4)20(23)24/h5-10,14H,21H2,1-4H3,(H,23,24). The number of para-hydroxylation sites is 1. The fourth-order valence-corrected chi connectivity index (χ4v) is 5.65. The second-order valence-electron chi connectivity index (χ2n) is 6.87. The summed E-state index contributed by atoms with van der Waals surface area (Å²) in [5.41, 5.74) is 9.12. The number of benzene rings is 2. The van der Waals surface area contributed by atoms with Crippen LogP contribution in [0.25, 0.3) is 10.9 Å². The number of aromatic nitrogens is 1. The van der Waals surface area contributed by atoms with E-state index >= 15 is 0 Å². The Bertz CT molecular complexity index is 1150. The van der Waals surface area contributed by atoms with E-state index in [0.29, 0.717) is 27.6 Å². The van der Waals surface area contributed by atoms with Crippen LogP contribution in [0, 0.1) is 20.8 Å². The molecule has 0 spiro atoms. The molecule has 0 fully saturated rings. The molecule has 7 heteroatoms. The van der Waals surface area contributed by atoms with Crippen LogP contribution in [0.1, 0.15) is 35.1 Å². The highest BCUT2D eigenvalue weighted by molar-refractivity contribution is 7.90. The monoisotopic (exact) mass is 386 g/mol. The molecule has 0 radical (unpaired) electrons. The van der Waals surface area contributed by atoms with E-state index in [0.717, 1.165) is 9.54 Å². The van der Waals surface area contributed by atoms with Gasteiger partial charge in [0.25, 0.3) is 10.0 Å². The number of fused-ring (bicyclic) bond motifs is 1. The number of rotatable bonds is 4. The first-order valence-corrected chi connectivity index (χ1v) is 9.96. The summed E-state index contributed by atoms with van der Waals surface area (Å²) in [7, 11) is -4.01. The van der Waals surface area contributed by atoms with Crippen molar-refractivity contribution in [3.05, 3.63) is 58.7 Å². The van der Waals surface area contributed by atoms with Crippen molar-refractivity contribution in [3.63, 3.8) is 0 Å². The quantitative estimate of drug-likeness (QED) is 0.713. The van der Waals surface area contributed by atoms with Crippen molar-refractivity contribution in [2.45, 2.75) is 38.5 Å². The van der Waals surface area contributed by atoms with Crippen LogP contribution in [0.5, 0.6) is 0 Å². The van der Waals surface area contributed by atoms with E-state index in [1.54, 1.807) is 38.1 Å². The smallest absolute Gasteiger partial charge is 0.310 e. The number of carboxylic acid groups (broad SMARTS) is 1. The molecule has 1 aromatic heterocycles. The van der Waals surface area contributed by atoms with Gasteiger partial charge in [-0.2, -0.15) is 0 Å². The lowest BCUT2D eigenvalue weighted by molar-refractivity contribution is -0.138. The number of carbonyl (C=O) groups is 1. The average Bonchev–Trinajstić information content (AvgIpc) is 2.85. The molecule has 0 saturated carbocycles. The third kappa shape index (κ3) is 2.88. The maximum absolute atomic E-state index is 13.6. The zero-order chi connectivity index (χ0) is 20.1. The van der Waals surface area contributed by atoms with Gasteiger partial charge in [0, 0.05) is 10.9 Å². The lowest BCUT2D eigenvalue weighted by atomic mass is 10.00. The summed E-state index contributed by atoms with van der Waals surface area (Å²) in [5, 5.41) is 9.98. The normalized spacial score (nSPS) is 13.0. The van der Waals surface area contributed by atoms with Gasteiger partial charge in [0.05, 0.1) is 16.3 Å². The van der Waals surface area contributed by atoms with E-state index in [1.807, 2.05) is 19.1 Å². The van der Waals surface area contributed by atoms with Crippen LogP contribution in [-0.2, 0) is 14.8 Å². The van der Waals surface area contributed by atoms with Gasteiger partial charge < -0.3 is 10.8 Å². The number of anilines is 1. The number of aliphatic carboxylic acids is 1. The van der Waals surface area contributed by atoms with E-state index in [1.165, 1.54) is 6.92 Å². The zero-order valence-electron chi connectivity index (χ0n) is 15.6. The second-order valence-corrected chi connectivity index (χ2v) is 8.60. The molecule has 0 saturated heterocycles. The van der Waals surface area contributed by atoms with Gasteiger partial charge in [-0.25, -0.2) is 12.4 Å². The first kappa shape index (κ1) is 19.0. The molecule has 3 rings (SSSR count). The van der Waals surface area contributed by atoms with E-state index in [2.05, 4.69) is 0 Å². The Balaban J connectivity index is 2.42. The number of hydrogen-bond donors (Lipinski definition) is 2. The number of nitrogen functional groups attached to an aromatic ring is 1. The van der Waals surface area contributed by atoms with Crippen molar-refractivity contribution in [1.29, 1.82) is 0 Å². The largest absolute Gasteiger partial charge is 0.481 e. The third-order valence-corrected chi connectivity index (χ3v) is 6.85. The lowest BCUT2D eigenvalue weighted by Crippen LogP contribution is -2.19. The van der Waals surface area contributed by atoms with Crippen molar-refractivity contribution in [1.82, 2.24) is 3.97 Å². The van der Waals surface area contributed by atoms with Gasteiger partial charge in [-0.3, -0.25) is 4.79 Å². The number of nitrogens with two attached hydrogens (primary N) is 1. The van der Waals surface area contributed by atoms with Crippen LogP contribution < -0.4 is 5.73 Å². The Morgan fingerprint density at radius 2 is 1.67 bits per heavy atom. The Morgan fingerprint density at radius 1 is 1.11 bits per heavy atom. The number of aryl methyl sites for hydroxylation is 3. The Labute approximate surface area is 158 Å². The Morgan fingerprint density at radius 3 is 2.22 bits per heavy atom. The molecule has 6 nitrogen and oxygen atoms in total. The summed E-state index contributed by atoms with van der Waals surface area (Å²) < 4.78 is 28.2. The van der Waals surface area contributed by atoms with Gasteiger partial charge in [-0.05, 0) is 44.9 Å². The van der Waals surface area contributed by atoms with Gasteiger partial charge in [-0.1, -0.05) is 35.9 Å². The van der Waals surface area contributed by atoms with Gasteiger partial charge in [0.15, 0.2) is 0 Å². The summed E-state index contributed by atoms with van der Waals surface area (Å²) in [5.74, 6) is -2.07. The minimum Gasteiger partial charge on any atom is -0.481 e. The van der Waals surface area contributed by atoms with Crippen molar-refractivity contribution in [2.75, 3.05) is 5.73 Å². The predicted octanol–water partition coefficient (Wildman–Crippen LogP) is 3.57. The topological polar surface area (TPSA) is 102 Å². The maximum atomic E-state index is 13.6. The molecule has 3 N–H and O–H groups in total. The molecule has 0 aliphatic rings. The first-order valence-electron chi connectivity index (χ1n) is 8.52. The second kappa shape index (κ2) is 6.42. The summed E-state index contributed by atoms with van der Waals surface area (Å²) in [6, 6.07) is 10.4. The molecule has 1 heterocycles. The summed E-state index contributed by atoms with van der Waals surface area (Å²) in [4.78, 5) is 11.7. The Kier molecular flexibility index (Phi) is 4.51.